The maximum absolute atomic E-state index is 12.7. The van der Waals surface area contributed by atoms with E-state index in [1.54, 1.807) is 13.8 Å². The van der Waals surface area contributed by atoms with Crippen molar-refractivity contribution in [3.05, 3.63) is 35.5 Å². The number of aromatic amines is 1. The zero-order valence-corrected chi connectivity index (χ0v) is 17.7. The Hall–Kier alpha value is -3.16. The second kappa shape index (κ2) is 8.30. The zero-order valence-electron chi connectivity index (χ0n) is 17.7. The summed E-state index contributed by atoms with van der Waals surface area (Å²) in [5.41, 5.74) is 0.949. The fourth-order valence-corrected chi connectivity index (χ4v) is 3.67. The van der Waals surface area contributed by atoms with Gasteiger partial charge in [0.2, 0.25) is 5.78 Å². The average molecular weight is 413 g/mol. The lowest BCUT2D eigenvalue weighted by atomic mass is 9.92. The van der Waals surface area contributed by atoms with Gasteiger partial charge in [-0.15, -0.1) is 0 Å². The van der Waals surface area contributed by atoms with Crippen molar-refractivity contribution < 1.29 is 23.9 Å². The molecular formula is C22H27N3O5. The van der Waals surface area contributed by atoms with Gasteiger partial charge >= 0.3 is 12.0 Å². The third kappa shape index (κ3) is 4.22. The fourth-order valence-electron chi connectivity index (χ4n) is 3.67. The molecule has 1 saturated heterocycles. The number of nitrogens with one attached hydrogen (secondary N) is 2. The van der Waals surface area contributed by atoms with Gasteiger partial charge in [-0.25, -0.2) is 4.79 Å². The van der Waals surface area contributed by atoms with Gasteiger partial charge in [-0.05, 0) is 38.7 Å². The molecule has 1 aromatic heterocycles. The molecule has 0 bridgehead atoms. The SMILES string of the molecule is Cc1[nH]c2ccccc2c1C(=O)COC(=O)CN1C(=O)N[C@](C)(CCC(C)C)C1=O. The minimum Gasteiger partial charge on any atom is -0.456 e. The van der Waals surface area contributed by atoms with Crippen LogP contribution in [0.5, 0.6) is 0 Å². The summed E-state index contributed by atoms with van der Waals surface area (Å²) in [4.78, 5) is 53.7. The van der Waals surface area contributed by atoms with Crippen LogP contribution in [0, 0.1) is 12.8 Å². The standard InChI is InChI=1S/C22H27N3O5/c1-13(2)9-10-22(4)20(28)25(21(29)24-22)11-18(27)30-12-17(26)19-14(3)23-16-8-6-5-7-15(16)19/h5-8,13,23H,9-12H2,1-4H3,(H,24,29)/t22-/m1/s1. The number of aryl methyl sites for hydroxylation is 1. The second-order valence-electron chi connectivity index (χ2n) is 8.34. The summed E-state index contributed by atoms with van der Waals surface area (Å²) >= 11 is 0. The quantitative estimate of drug-likeness (QED) is 0.393. The van der Waals surface area contributed by atoms with E-state index in [1.807, 2.05) is 38.1 Å². The van der Waals surface area contributed by atoms with Gasteiger partial charge in [-0.2, -0.15) is 0 Å². The number of aromatic nitrogens is 1. The van der Waals surface area contributed by atoms with E-state index in [9.17, 15) is 19.2 Å². The van der Waals surface area contributed by atoms with Crippen molar-refractivity contribution in [3.8, 4) is 0 Å². The molecule has 3 amide bonds. The van der Waals surface area contributed by atoms with Gasteiger partial charge in [0.25, 0.3) is 5.91 Å². The number of H-pyrrole nitrogens is 1. The maximum Gasteiger partial charge on any atom is 0.326 e. The van der Waals surface area contributed by atoms with Crippen LogP contribution in [0.4, 0.5) is 4.79 Å². The number of Topliss-reactive ketones (excluding diaryl/α,β-unsaturated/α-hetero) is 1. The lowest BCUT2D eigenvalue weighted by Gasteiger charge is -2.22. The van der Waals surface area contributed by atoms with E-state index in [2.05, 4.69) is 10.3 Å². The smallest absolute Gasteiger partial charge is 0.326 e. The number of urea groups is 1. The number of amides is 3. The van der Waals surface area contributed by atoms with E-state index in [-0.39, 0.29) is 5.78 Å². The monoisotopic (exact) mass is 413 g/mol. The molecule has 0 spiro atoms. The second-order valence-corrected chi connectivity index (χ2v) is 8.34. The molecule has 8 heteroatoms. The van der Waals surface area contributed by atoms with Crippen molar-refractivity contribution in [1.82, 2.24) is 15.2 Å². The van der Waals surface area contributed by atoms with E-state index >= 15 is 0 Å². The highest BCUT2D eigenvalue weighted by Gasteiger charge is 2.48. The Morgan fingerprint density at radius 1 is 1.20 bits per heavy atom. The van der Waals surface area contributed by atoms with Gasteiger partial charge in [0.05, 0.1) is 0 Å². The highest BCUT2D eigenvalue weighted by Crippen LogP contribution is 2.25. The first-order valence-corrected chi connectivity index (χ1v) is 10.0. The predicted molar refractivity (Wildman–Crippen MR) is 111 cm³/mol. The molecule has 0 saturated carbocycles. The van der Waals surface area contributed by atoms with Crippen LogP contribution in [-0.4, -0.2) is 52.3 Å². The molecule has 1 fully saturated rings. The number of ether oxygens (including phenoxy) is 1. The van der Waals surface area contributed by atoms with Crippen LogP contribution >= 0.6 is 0 Å². The highest BCUT2D eigenvalue weighted by atomic mass is 16.5. The van der Waals surface area contributed by atoms with Crippen molar-refractivity contribution in [3.63, 3.8) is 0 Å². The summed E-state index contributed by atoms with van der Waals surface area (Å²) in [6.45, 7) is 6.51. The summed E-state index contributed by atoms with van der Waals surface area (Å²) in [6, 6.07) is 6.74. The molecule has 160 valence electrons. The van der Waals surface area contributed by atoms with Crippen LogP contribution in [-0.2, 0) is 14.3 Å². The Bertz CT molecular complexity index is 1010. The fraction of sp³-hybridized carbons (Fsp3) is 0.455. The number of imide groups is 1. The molecular weight excluding hydrogens is 386 g/mol. The number of fused-ring (bicyclic) bond motifs is 1. The van der Waals surface area contributed by atoms with Crippen LogP contribution in [0.25, 0.3) is 10.9 Å². The molecule has 1 aliphatic rings. The number of hydrogen-bond donors (Lipinski definition) is 2. The summed E-state index contributed by atoms with van der Waals surface area (Å²) in [5.74, 6) is -1.23. The number of carbonyl (C=O) groups is 4. The van der Waals surface area contributed by atoms with Gasteiger partial charge in [0, 0.05) is 22.2 Å². The van der Waals surface area contributed by atoms with Crippen molar-refractivity contribution in [2.45, 2.75) is 46.1 Å². The Morgan fingerprint density at radius 3 is 2.60 bits per heavy atom. The van der Waals surface area contributed by atoms with Gasteiger partial charge in [0.1, 0.15) is 12.1 Å². The van der Waals surface area contributed by atoms with Crippen LogP contribution < -0.4 is 5.32 Å². The van der Waals surface area contributed by atoms with Crippen molar-refractivity contribution in [1.29, 1.82) is 0 Å². The number of rotatable bonds is 8. The Kier molecular flexibility index (Phi) is 5.96. The number of esters is 1. The van der Waals surface area contributed by atoms with E-state index in [0.29, 0.717) is 23.6 Å². The van der Waals surface area contributed by atoms with Gasteiger partial charge < -0.3 is 15.0 Å². The molecule has 30 heavy (non-hydrogen) atoms. The molecule has 0 radical (unpaired) electrons. The van der Waals surface area contributed by atoms with Gasteiger partial charge in [-0.1, -0.05) is 32.0 Å². The minimum atomic E-state index is -1.03. The Labute approximate surface area is 174 Å². The van der Waals surface area contributed by atoms with Crippen LogP contribution in [0.3, 0.4) is 0 Å². The number of para-hydroxylation sites is 1. The van der Waals surface area contributed by atoms with E-state index < -0.39 is 36.6 Å². The molecule has 2 heterocycles. The van der Waals surface area contributed by atoms with E-state index in [4.69, 9.17) is 4.74 Å². The summed E-state index contributed by atoms with van der Waals surface area (Å²) < 4.78 is 5.08. The summed E-state index contributed by atoms with van der Waals surface area (Å²) in [5, 5.41) is 3.42. The van der Waals surface area contributed by atoms with Crippen LogP contribution in [0.1, 0.15) is 49.7 Å². The van der Waals surface area contributed by atoms with Gasteiger partial charge in [0.15, 0.2) is 6.61 Å². The molecule has 1 aliphatic heterocycles. The molecule has 8 nitrogen and oxygen atoms in total. The average Bonchev–Trinajstić information content (AvgIpc) is 3.13. The van der Waals surface area contributed by atoms with E-state index in [0.717, 1.165) is 22.2 Å². The third-order valence-electron chi connectivity index (χ3n) is 5.39. The largest absolute Gasteiger partial charge is 0.456 e. The predicted octanol–water partition coefficient (Wildman–Crippen LogP) is 2.95. The number of benzene rings is 1. The first kappa shape index (κ1) is 21.5. The van der Waals surface area contributed by atoms with Crippen LogP contribution in [0.15, 0.2) is 24.3 Å². The van der Waals surface area contributed by atoms with Crippen LogP contribution in [0.2, 0.25) is 0 Å². The molecule has 1 aromatic carbocycles. The lowest BCUT2D eigenvalue weighted by Crippen LogP contribution is -2.44. The summed E-state index contributed by atoms with van der Waals surface area (Å²) in [7, 11) is 0. The zero-order chi connectivity index (χ0) is 22.1. The van der Waals surface area contributed by atoms with Crippen molar-refractivity contribution in [2.24, 2.45) is 5.92 Å². The van der Waals surface area contributed by atoms with Crippen molar-refractivity contribution >= 4 is 34.6 Å². The first-order valence-electron chi connectivity index (χ1n) is 10.0. The molecule has 1 atom stereocenters. The van der Waals surface area contributed by atoms with Crippen molar-refractivity contribution in [2.75, 3.05) is 13.2 Å². The van der Waals surface area contributed by atoms with Gasteiger partial charge in [-0.3, -0.25) is 19.3 Å². The number of hydrogen-bond acceptors (Lipinski definition) is 5. The Balaban J connectivity index is 1.60. The summed E-state index contributed by atoms with van der Waals surface area (Å²) in [6.07, 6.45) is 1.25. The molecule has 2 N–H and O–H groups in total. The molecule has 0 aliphatic carbocycles. The lowest BCUT2D eigenvalue weighted by molar-refractivity contribution is -0.146. The maximum atomic E-state index is 12.7. The molecule has 0 unspecified atom stereocenters. The third-order valence-corrected chi connectivity index (χ3v) is 5.39. The number of nitrogens with zero attached hydrogens (tertiary/aromatic N) is 1. The van der Waals surface area contributed by atoms with E-state index in [1.165, 1.54) is 0 Å². The number of ketones is 1. The Morgan fingerprint density at radius 2 is 1.90 bits per heavy atom. The number of carbonyl (C=O) groups excluding carboxylic acids is 4. The topological polar surface area (TPSA) is 109 Å². The normalized spacial score (nSPS) is 18.9. The molecule has 3 rings (SSSR count). The first-order chi connectivity index (χ1) is 14.1. The highest BCUT2D eigenvalue weighted by molar-refractivity contribution is 6.11. The minimum absolute atomic E-state index is 0.350. The molecule has 2 aromatic rings.